The molecule has 0 bridgehead atoms. The molecule has 0 N–H and O–H groups in total. The number of fused-ring (bicyclic) bond motifs is 1. The fourth-order valence-electron chi connectivity index (χ4n) is 2.12. The van der Waals surface area contributed by atoms with Crippen LogP contribution in [0.15, 0.2) is 59.4 Å². The van der Waals surface area contributed by atoms with Crippen molar-refractivity contribution in [2.24, 2.45) is 0 Å². The van der Waals surface area contributed by atoms with Crippen LogP contribution in [-0.4, -0.2) is 6.29 Å². The minimum Gasteiger partial charge on any atom is -0.297 e. The van der Waals surface area contributed by atoms with Crippen molar-refractivity contribution in [1.29, 1.82) is 0 Å². The van der Waals surface area contributed by atoms with E-state index in [0.717, 1.165) is 16.5 Å². The van der Waals surface area contributed by atoms with Crippen LogP contribution in [0.25, 0.3) is 21.2 Å². The van der Waals surface area contributed by atoms with Crippen LogP contribution in [-0.2, 0) is 0 Å². The van der Waals surface area contributed by atoms with Crippen molar-refractivity contribution in [2.75, 3.05) is 0 Å². The molecule has 2 nitrogen and oxygen atoms in total. The largest absolute Gasteiger partial charge is 0.297 e. The SMILES string of the molecule is O=Cc1sc2ccccc2c(=O)c1-c1ccccc1. The number of aldehydes is 1. The van der Waals surface area contributed by atoms with E-state index in [-0.39, 0.29) is 5.43 Å². The Kier molecular flexibility index (Phi) is 2.97. The second-order valence-electron chi connectivity index (χ2n) is 4.15. The second-order valence-corrected chi connectivity index (χ2v) is 5.23. The van der Waals surface area contributed by atoms with Gasteiger partial charge in [-0.1, -0.05) is 42.5 Å². The summed E-state index contributed by atoms with van der Waals surface area (Å²) in [5.41, 5.74) is 1.21. The van der Waals surface area contributed by atoms with Crippen LogP contribution >= 0.6 is 11.3 Å². The van der Waals surface area contributed by atoms with Crippen molar-refractivity contribution in [2.45, 2.75) is 0 Å². The van der Waals surface area contributed by atoms with Gasteiger partial charge in [-0.25, -0.2) is 0 Å². The maximum absolute atomic E-state index is 12.6. The number of benzene rings is 2. The molecule has 2 aromatic carbocycles. The van der Waals surface area contributed by atoms with Crippen LogP contribution in [0.2, 0.25) is 0 Å². The average Bonchev–Trinajstić information content (AvgIpc) is 2.48. The van der Waals surface area contributed by atoms with E-state index in [4.69, 9.17) is 0 Å². The van der Waals surface area contributed by atoms with Crippen molar-refractivity contribution >= 4 is 27.7 Å². The Hall–Kier alpha value is -2.26. The highest BCUT2D eigenvalue weighted by Crippen LogP contribution is 2.27. The summed E-state index contributed by atoms with van der Waals surface area (Å²) >= 11 is 1.35. The first kappa shape index (κ1) is 11.8. The predicted molar refractivity (Wildman–Crippen MR) is 78.9 cm³/mol. The Morgan fingerprint density at radius 1 is 0.895 bits per heavy atom. The normalized spacial score (nSPS) is 10.5. The number of rotatable bonds is 2. The summed E-state index contributed by atoms with van der Waals surface area (Å²) in [4.78, 5) is 24.3. The summed E-state index contributed by atoms with van der Waals surface area (Å²) in [7, 11) is 0. The molecule has 0 unspecified atom stereocenters. The molecule has 1 aromatic heterocycles. The summed E-state index contributed by atoms with van der Waals surface area (Å²) in [5.74, 6) is 0. The van der Waals surface area contributed by atoms with Gasteiger partial charge in [-0.3, -0.25) is 9.59 Å². The molecule has 1 heterocycles. The first-order chi connectivity index (χ1) is 9.31. The van der Waals surface area contributed by atoms with Crippen LogP contribution in [0, 0.1) is 0 Å². The van der Waals surface area contributed by atoms with Gasteiger partial charge in [0.25, 0.3) is 0 Å². The third-order valence-corrected chi connectivity index (χ3v) is 4.09. The molecule has 92 valence electrons. The molecular formula is C16H10O2S. The van der Waals surface area contributed by atoms with E-state index >= 15 is 0 Å². The van der Waals surface area contributed by atoms with Gasteiger partial charge in [0.2, 0.25) is 0 Å². The van der Waals surface area contributed by atoms with Crippen molar-refractivity contribution in [3.8, 4) is 11.1 Å². The van der Waals surface area contributed by atoms with E-state index in [1.165, 1.54) is 11.3 Å². The third kappa shape index (κ3) is 1.98. The van der Waals surface area contributed by atoms with Crippen LogP contribution in [0.1, 0.15) is 9.67 Å². The molecule has 0 saturated heterocycles. The van der Waals surface area contributed by atoms with Crippen LogP contribution in [0.3, 0.4) is 0 Å². The first-order valence-electron chi connectivity index (χ1n) is 5.87. The highest BCUT2D eigenvalue weighted by Gasteiger charge is 2.13. The molecule has 0 radical (unpaired) electrons. The van der Waals surface area contributed by atoms with Crippen LogP contribution in [0.5, 0.6) is 0 Å². The van der Waals surface area contributed by atoms with Crippen LogP contribution < -0.4 is 5.43 Å². The average molecular weight is 266 g/mol. The van der Waals surface area contributed by atoms with E-state index < -0.39 is 0 Å². The maximum Gasteiger partial charge on any atom is 0.196 e. The second kappa shape index (κ2) is 4.78. The minimum absolute atomic E-state index is 0.0809. The fourth-order valence-corrected chi connectivity index (χ4v) is 3.14. The van der Waals surface area contributed by atoms with Gasteiger partial charge in [0.05, 0.1) is 10.4 Å². The lowest BCUT2D eigenvalue weighted by molar-refractivity contribution is 0.112. The fraction of sp³-hybridized carbons (Fsp3) is 0. The Bertz CT molecular complexity index is 804. The van der Waals surface area contributed by atoms with E-state index in [0.29, 0.717) is 15.8 Å². The molecule has 3 rings (SSSR count). The molecule has 0 saturated carbocycles. The van der Waals surface area contributed by atoms with Gasteiger partial charge in [-0.15, -0.1) is 11.3 Å². The Morgan fingerprint density at radius 2 is 1.58 bits per heavy atom. The number of hydrogen-bond donors (Lipinski definition) is 0. The highest BCUT2D eigenvalue weighted by atomic mass is 32.1. The summed E-state index contributed by atoms with van der Waals surface area (Å²) in [6, 6.07) is 16.7. The lowest BCUT2D eigenvalue weighted by atomic mass is 10.0. The van der Waals surface area contributed by atoms with E-state index in [1.807, 2.05) is 48.5 Å². The monoisotopic (exact) mass is 266 g/mol. The minimum atomic E-state index is -0.0809. The maximum atomic E-state index is 12.6. The van der Waals surface area contributed by atoms with Gasteiger partial charge in [0, 0.05) is 10.1 Å². The zero-order chi connectivity index (χ0) is 13.2. The quantitative estimate of drug-likeness (QED) is 0.662. The number of hydrogen-bond acceptors (Lipinski definition) is 3. The molecular weight excluding hydrogens is 256 g/mol. The zero-order valence-corrected chi connectivity index (χ0v) is 10.8. The zero-order valence-electron chi connectivity index (χ0n) is 10.00. The van der Waals surface area contributed by atoms with Crippen molar-refractivity contribution in [3.05, 3.63) is 69.7 Å². The standard InChI is InChI=1S/C16H10O2S/c17-10-14-15(11-6-2-1-3-7-11)16(18)12-8-4-5-9-13(12)19-14/h1-10H. The molecule has 0 spiro atoms. The summed E-state index contributed by atoms with van der Waals surface area (Å²) < 4.78 is 0.842. The molecule has 0 aliphatic heterocycles. The van der Waals surface area contributed by atoms with Crippen molar-refractivity contribution < 1.29 is 4.79 Å². The Morgan fingerprint density at radius 3 is 2.32 bits per heavy atom. The molecule has 0 aliphatic rings. The first-order valence-corrected chi connectivity index (χ1v) is 6.69. The molecule has 0 fully saturated rings. The summed E-state index contributed by atoms with van der Waals surface area (Å²) in [6.07, 6.45) is 0.765. The van der Waals surface area contributed by atoms with E-state index in [1.54, 1.807) is 6.07 Å². The van der Waals surface area contributed by atoms with E-state index in [2.05, 4.69) is 0 Å². The summed E-state index contributed by atoms with van der Waals surface area (Å²) in [5, 5.41) is 0.664. The summed E-state index contributed by atoms with van der Waals surface area (Å²) in [6.45, 7) is 0. The topological polar surface area (TPSA) is 34.1 Å². The number of carbonyl (C=O) groups is 1. The molecule has 0 aliphatic carbocycles. The van der Waals surface area contributed by atoms with Gasteiger partial charge in [-0.05, 0) is 17.7 Å². The molecule has 3 aromatic rings. The molecule has 0 atom stereocenters. The molecule has 0 amide bonds. The van der Waals surface area contributed by atoms with Crippen LogP contribution in [0.4, 0.5) is 0 Å². The lowest BCUT2D eigenvalue weighted by Gasteiger charge is -2.05. The number of carbonyl (C=O) groups excluding carboxylic acids is 1. The van der Waals surface area contributed by atoms with Crippen molar-refractivity contribution in [1.82, 2.24) is 0 Å². The lowest BCUT2D eigenvalue weighted by Crippen LogP contribution is -2.07. The van der Waals surface area contributed by atoms with Gasteiger partial charge in [0.15, 0.2) is 11.7 Å². The third-order valence-electron chi connectivity index (χ3n) is 2.99. The van der Waals surface area contributed by atoms with Gasteiger partial charge < -0.3 is 0 Å². The smallest absolute Gasteiger partial charge is 0.196 e. The van der Waals surface area contributed by atoms with Gasteiger partial charge in [-0.2, -0.15) is 0 Å². The van der Waals surface area contributed by atoms with Crippen molar-refractivity contribution in [3.63, 3.8) is 0 Å². The van der Waals surface area contributed by atoms with Gasteiger partial charge in [0.1, 0.15) is 0 Å². The van der Waals surface area contributed by atoms with E-state index in [9.17, 15) is 9.59 Å². The highest BCUT2D eigenvalue weighted by molar-refractivity contribution is 7.20. The Balaban J connectivity index is 2.44. The van der Waals surface area contributed by atoms with Gasteiger partial charge >= 0.3 is 0 Å². The molecule has 3 heteroatoms. The predicted octanol–water partition coefficient (Wildman–Crippen LogP) is 3.74. The Labute approximate surface area is 114 Å². The molecule has 19 heavy (non-hydrogen) atoms.